The first kappa shape index (κ1) is 25.4. The molecule has 3 aromatic rings. The molecule has 37 heavy (non-hydrogen) atoms. The molecule has 3 heterocycles. The first-order chi connectivity index (χ1) is 17.6. The molecule has 2 atom stereocenters. The van der Waals surface area contributed by atoms with Gasteiger partial charge in [0.05, 0.1) is 10.8 Å². The molecule has 4 N–H and O–H groups in total. The Morgan fingerprint density at radius 3 is 2.38 bits per heavy atom. The van der Waals surface area contributed by atoms with Gasteiger partial charge in [-0.25, -0.2) is 13.4 Å². The van der Waals surface area contributed by atoms with Crippen molar-refractivity contribution in [3.05, 3.63) is 70.9 Å². The second kappa shape index (κ2) is 9.59. The highest BCUT2D eigenvalue weighted by molar-refractivity contribution is 7.89. The van der Waals surface area contributed by atoms with Crippen molar-refractivity contribution in [3.63, 3.8) is 0 Å². The van der Waals surface area contributed by atoms with E-state index in [1.165, 1.54) is 9.21 Å². The molecule has 2 aliphatic rings. The molecule has 1 saturated heterocycles. The van der Waals surface area contributed by atoms with Crippen LogP contribution in [0.25, 0.3) is 11.1 Å². The van der Waals surface area contributed by atoms with E-state index in [0.717, 1.165) is 16.0 Å². The molecule has 10 heteroatoms. The minimum atomic E-state index is -3.58. The van der Waals surface area contributed by atoms with Crippen LogP contribution < -0.4 is 11.5 Å². The zero-order valence-electron chi connectivity index (χ0n) is 20.9. The van der Waals surface area contributed by atoms with E-state index < -0.39 is 21.5 Å². The average molecular weight is 538 g/mol. The Balaban J connectivity index is 1.44. The summed E-state index contributed by atoms with van der Waals surface area (Å²) in [5.41, 5.74) is 14.0. The van der Waals surface area contributed by atoms with Crippen LogP contribution in [0, 0.1) is 11.8 Å². The maximum absolute atomic E-state index is 13.7. The standard InChI is InChI=1S/C27H31N5O3S2/c1-27(23-16-20(17-36-23)19-7-6-8-21(28)15-19)24(25(33)31(2)26(29)30-27)18-11-13-32(14-12-18)37(34,35)22-9-4-3-5-10-22/h3-10,15-18,24H,11-14,28H2,1-2H3,(H2,29,30)/t24-,27+/m0/s1. The number of guanidine groups is 1. The molecule has 194 valence electrons. The molecule has 0 aliphatic carbocycles. The first-order valence-electron chi connectivity index (χ1n) is 12.2. The molecule has 1 fully saturated rings. The number of thiophene rings is 1. The van der Waals surface area contributed by atoms with E-state index in [0.29, 0.717) is 31.6 Å². The lowest BCUT2D eigenvalue weighted by Gasteiger charge is -2.45. The summed E-state index contributed by atoms with van der Waals surface area (Å²) in [4.78, 5) is 21.2. The minimum absolute atomic E-state index is 0.0445. The van der Waals surface area contributed by atoms with Gasteiger partial charge in [0.1, 0.15) is 5.54 Å². The van der Waals surface area contributed by atoms with E-state index >= 15 is 0 Å². The predicted octanol–water partition coefficient (Wildman–Crippen LogP) is 3.72. The smallest absolute Gasteiger partial charge is 0.243 e. The Hall–Kier alpha value is -3.21. The fourth-order valence-electron chi connectivity index (χ4n) is 5.48. The van der Waals surface area contributed by atoms with Crippen molar-refractivity contribution < 1.29 is 13.2 Å². The number of nitrogen functional groups attached to an aromatic ring is 1. The van der Waals surface area contributed by atoms with Gasteiger partial charge in [-0.05, 0) is 72.5 Å². The van der Waals surface area contributed by atoms with Crippen molar-refractivity contribution in [2.45, 2.75) is 30.2 Å². The zero-order valence-corrected chi connectivity index (χ0v) is 22.5. The normalized spacial score (nSPS) is 23.7. The van der Waals surface area contributed by atoms with E-state index in [9.17, 15) is 13.2 Å². The topological polar surface area (TPSA) is 122 Å². The molecule has 8 nitrogen and oxygen atoms in total. The second-order valence-corrected chi connectivity index (χ2v) is 12.7. The summed E-state index contributed by atoms with van der Waals surface area (Å²) in [6.45, 7) is 2.67. The molecule has 0 spiro atoms. The summed E-state index contributed by atoms with van der Waals surface area (Å²) in [5.74, 6) is -0.402. The fourth-order valence-corrected chi connectivity index (χ4v) is 8.03. The van der Waals surface area contributed by atoms with Gasteiger partial charge < -0.3 is 11.5 Å². The second-order valence-electron chi connectivity index (χ2n) is 9.87. The average Bonchev–Trinajstić information content (AvgIpc) is 3.40. The molecule has 0 bridgehead atoms. The molecule has 0 radical (unpaired) electrons. The minimum Gasteiger partial charge on any atom is -0.399 e. The molecule has 2 aromatic carbocycles. The molecular formula is C27H31N5O3S2. The first-order valence-corrected chi connectivity index (χ1v) is 14.6. The van der Waals surface area contributed by atoms with Crippen molar-refractivity contribution in [2.24, 2.45) is 22.6 Å². The van der Waals surface area contributed by atoms with Crippen LogP contribution in [-0.4, -0.2) is 49.6 Å². The summed E-state index contributed by atoms with van der Waals surface area (Å²) in [5, 5.41) is 2.05. The number of carbonyl (C=O) groups is 1. The number of anilines is 1. The van der Waals surface area contributed by atoms with Gasteiger partial charge in [0.2, 0.25) is 15.9 Å². The van der Waals surface area contributed by atoms with Crippen LogP contribution in [-0.2, 0) is 20.4 Å². The largest absolute Gasteiger partial charge is 0.399 e. The monoisotopic (exact) mass is 537 g/mol. The number of piperidine rings is 1. The zero-order chi connectivity index (χ0) is 26.4. The number of nitrogens with zero attached hydrogens (tertiary/aromatic N) is 3. The number of carbonyl (C=O) groups excluding carboxylic acids is 1. The van der Waals surface area contributed by atoms with Crippen LogP contribution in [0.3, 0.4) is 0 Å². The molecule has 0 unspecified atom stereocenters. The van der Waals surface area contributed by atoms with Crippen molar-refractivity contribution >= 4 is 38.9 Å². The van der Waals surface area contributed by atoms with Gasteiger partial charge >= 0.3 is 0 Å². The van der Waals surface area contributed by atoms with Crippen LogP contribution in [0.15, 0.2) is 75.9 Å². The third-order valence-electron chi connectivity index (χ3n) is 7.56. The number of aliphatic imine (C=N–C) groups is 1. The Labute approximate surface area is 221 Å². The molecule has 2 aliphatic heterocycles. The van der Waals surface area contributed by atoms with Crippen molar-refractivity contribution in [3.8, 4) is 11.1 Å². The number of sulfonamides is 1. The molecule has 0 saturated carbocycles. The lowest BCUT2D eigenvalue weighted by molar-refractivity contribution is -0.137. The van der Waals surface area contributed by atoms with Crippen molar-refractivity contribution in [1.29, 1.82) is 0 Å². The fraction of sp³-hybridized carbons (Fsp3) is 0.333. The number of rotatable bonds is 5. The third-order valence-corrected chi connectivity index (χ3v) is 10.6. The van der Waals surface area contributed by atoms with E-state index in [2.05, 4.69) is 11.4 Å². The SMILES string of the molecule is CN1C(=O)[C@H](C2CCN(S(=O)(=O)c3ccccc3)CC2)[C@@](C)(c2cc(-c3cccc(N)c3)cs2)N=C1N. The van der Waals surface area contributed by atoms with Gasteiger partial charge in [0.25, 0.3) is 0 Å². The lowest BCUT2D eigenvalue weighted by atomic mass is 9.71. The maximum Gasteiger partial charge on any atom is 0.243 e. The highest BCUT2D eigenvalue weighted by Crippen LogP contribution is 2.47. The molecule has 1 aromatic heterocycles. The van der Waals surface area contributed by atoms with Gasteiger partial charge in [-0.2, -0.15) is 4.31 Å². The van der Waals surface area contributed by atoms with Gasteiger partial charge in [-0.1, -0.05) is 30.3 Å². The Morgan fingerprint density at radius 2 is 1.70 bits per heavy atom. The number of hydrogen-bond acceptors (Lipinski definition) is 7. The van der Waals surface area contributed by atoms with E-state index in [1.807, 2.05) is 31.2 Å². The number of amides is 1. The number of hydrogen-bond donors (Lipinski definition) is 2. The third kappa shape index (κ3) is 4.54. The van der Waals surface area contributed by atoms with Gasteiger partial charge in [-0.15, -0.1) is 11.3 Å². The maximum atomic E-state index is 13.7. The number of benzene rings is 2. The molecule has 5 rings (SSSR count). The van der Waals surface area contributed by atoms with Crippen LogP contribution in [0.2, 0.25) is 0 Å². The summed E-state index contributed by atoms with van der Waals surface area (Å²) in [7, 11) is -1.93. The van der Waals surface area contributed by atoms with Gasteiger partial charge in [0, 0.05) is 30.7 Å². The Kier molecular flexibility index (Phi) is 6.59. The lowest BCUT2D eigenvalue weighted by Crippen LogP contribution is -2.57. The van der Waals surface area contributed by atoms with Crippen LogP contribution >= 0.6 is 11.3 Å². The van der Waals surface area contributed by atoms with E-state index in [4.69, 9.17) is 16.5 Å². The summed E-state index contributed by atoms with van der Waals surface area (Å²) < 4.78 is 27.8. The highest BCUT2D eigenvalue weighted by atomic mass is 32.2. The van der Waals surface area contributed by atoms with Crippen LogP contribution in [0.4, 0.5) is 5.69 Å². The van der Waals surface area contributed by atoms with Crippen LogP contribution in [0.1, 0.15) is 24.6 Å². The van der Waals surface area contributed by atoms with Gasteiger partial charge in [-0.3, -0.25) is 9.69 Å². The van der Waals surface area contributed by atoms with E-state index in [1.54, 1.807) is 48.7 Å². The summed E-state index contributed by atoms with van der Waals surface area (Å²) in [6.07, 6.45) is 1.13. The molecule has 1 amide bonds. The van der Waals surface area contributed by atoms with Gasteiger partial charge in [0.15, 0.2) is 5.96 Å². The quantitative estimate of drug-likeness (QED) is 0.481. The number of nitrogens with two attached hydrogens (primary N) is 2. The summed E-state index contributed by atoms with van der Waals surface area (Å²) >= 11 is 1.55. The highest BCUT2D eigenvalue weighted by Gasteiger charge is 2.51. The van der Waals surface area contributed by atoms with E-state index in [-0.39, 0.29) is 22.7 Å². The summed E-state index contributed by atoms with van der Waals surface area (Å²) in [6, 6.07) is 18.2. The Morgan fingerprint density at radius 1 is 1.00 bits per heavy atom. The van der Waals surface area contributed by atoms with Crippen molar-refractivity contribution in [2.75, 3.05) is 25.9 Å². The predicted molar refractivity (Wildman–Crippen MR) is 147 cm³/mol. The van der Waals surface area contributed by atoms with Crippen LogP contribution in [0.5, 0.6) is 0 Å². The van der Waals surface area contributed by atoms with Crippen molar-refractivity contribution in [1.82, 2.24) is 9.21 Å². The Bertz CT molecular complexity index is 1450. The molecular weight excluding hydrogens is 506 g/mol.